The summed E-state index contributed by atoms with van der Waals surface area (Å²) in [5.41, 5.74) is -3.87. The van der Waals surface area contributed by atoms with Crippen LogP contribution in [0, 0.1) is 0 Å². The van der Waals surface area contributed by atoms with Crippen LogP contribution in [0.2, 0.25) is 0 Å². The Balaban J connectivity index is 2.73. The standard InChI is InChI=1S/C15H11F6NO2/c16-14(17,18)11-3-1-2-10-8(6-9(24)4-5-23)7-12(15(19,20)21)22-13(10)11/h1-3,7,23H,4-6H2. The Bertz CT molecular complexity index is 767. The average Bonchev–Trinajstić information content (AvgIpc) is 2.44. The highest BCUT2D eigenvalue weighted by molar-refractivity contribution is 5.91. The molecule has 0 aliphatic heterocycles. The summed E-state index contributed by atoms with van der Waals surface area (Å²) in [5, 5.41) is 8.52. The fourth-order valence-corrected chi connectivity index (χ4v) is 2.26. The first-order valence-corrected chi connectivity index (χ1v) is 6.73. The number of benzene rings is 1. The summed E-state index contributed by atoms with van der Waals surface area (Å²) in [5.74, 6) is -0.587. The molecule has 0 unspecified atom stereocenters. The third-order valence-corrected chi connectivity index (χ3v) is 3.30. The molecule has 3 nitrogen and oxygen atoms in total. The number of pyridine rings is 1. The van der Waals surface area contributed by atoms with Crippen LogP contribution < -0.4 is 0 Å². The van der Waals surface area contributed by atoms with Crippen LogP contribution in [0.3, 0.4) is 0 Å². The number of carbonyl (C=O) groups excluding carboxylic acids is 1. The van der Waals surface area contributed by atoms with Crippen molar-refractivity contribution in [3.8, 4) is 0 Å². The number of hydrogen-bond donors (Lipinski definition) is 1. The molecule has 0 radical (unpaired) electrons. The van der Waals surface area contributed by atoms with Crippen LogP contribution in [0.4, 0.5) is 26.3 Å². The van der Waals surface area contributed by atoms with E-state index >= 15 is 0 Å². The zero-order valence-electron chi connectivity index (χ0n) is 12.0. The molecule has 1 N–H and O–H groups in total. The predicted octanol–water partition coefficient (Wildman–Crippen LogP) is 3.77. The number of aliphatic hydroxyl groups excluding tert-OH is 1. The minimum absolute atomic E-state index is 0.177. The Labute approximate surface area is 131 Å². The molecule has 130 valence electrons. The van der Waals surface area contributed by atoms with Crippen molar-refractivity contribution >= 4 is 16.7 Å². The third kappa shape index (κ3) is 3.84. The fourth-order valence-electron chi connectivity index (χ4n) is 2.26. The van der Waals surface area contributed by atoms with E-state index in [-0.39, 0.29) is 17.4 Å². The number of aliphatic hydroxyl groups is 1. The number of rotatable bonds is 4. The van der Waals surface area contributed by atoms with E-state index in [1.54, 1.807) is 0 Å². The number of fused-ring (bicyclic) bond motifs is 1. The van der Waals surface area contributed by atoms with Gasteiger partial charge < -0.3 is 5.11 Å². The molecule has 0 saturated carbocycles. The van der Waals surface area contributed by atoms with Gasteiger partial charge in [0.15, 0.2) is 0 Å². The summed E-state index contributed by atoms with van der Waals surface area (Å²) >= 11 is 0. The zero-order valence-corrected chi connectivity index (χ0v) is 12.0. The van der Waals surface area contributed by atoms with Gasteiger partial charge in [0, 0.05) is 24.8 Å². The lowest BCUT2D eigenvalue weighted by molar-refractivity contribution is -0.142. The van der Waals surface area contributed by atoms with Crippen LogP contribution in [-0.2, 0) is 23.6 Å². The number of aromatic nitrogens is 1. The molecule has 0 fully saturated rings. The number of para-hydroxylation sites is 1. The highest BCUT2D eigenvalue weighted by Crippen LogP contribution is 2.37. The van der Waals surface area contributed by atoms with Crippen molar-refractivity contribution in [1.29, 1.82) is 0 Å². The summed E-state index contributed by atoms with van der Waals surface area (Å²) in [6.07, 6.45) is -10.7. The quantitative estimate of drug-likeness (QED) is 0.854. The Kier molecular flexibility index (Phi) is 4.84. The highest BCUT2D eigenvalue weighted by atomic mass is 19.4. The molecule has 0 aliphatic carbocycles. The monoisotopic (exact) mass is 351 g/mol. The Morgan fingerprint density at radius 2 is 1.75 bits per heavy atom. The second kappa shape index (κ2) is 6.39. The number of hydrogen-bond acceptors (Lipinski definition) is 3. The largest absolute Gasteiger partial charge is 0.433 e. The lowest BCUT2D eigenvalue weighted by Gasteiger charge is -2.15. The van der Waals surface area contributed by atoms with E-state index in [1.165, 1.54) is 6.07 Å². The maximum absolute atomic E-state index is 13.0. The van der Waals surface area contributed by atoms with Gasteiger partial charge in [-0.05, 0) is 17.7 Å². The smallest absolute Gasteiger partial charge is 0.396 e. The first-order chi connectivity index (χ1) is 11.0. The van der Waals surface area contributed by atoms with Crippen molar-refractivity contribution in [1.82, 2.24) is 4.98 Å². The van der Waals surface area contributed by atoms with E-state index in [1.807, 2.05) is 0 Å². The lowest BCUT2D eigenvalue weighted by atomic mass is 9.99. The van der Waals surface area contributed by atoms with Gasteiger partial charge >= 0.3 is 12.4 Å². The summed E-state index contributed by atoms with van der Waals surface area (Å²) < 4.78 is 77.9. The van der Waals surface area contributed by atoms with E-state index in [4.69, 9.17) is 5.11 Å². The van der Waals surface area contributed by atoms with E-state index in [0.29, 0.717) is 12.1 Å². The van der Waals surface area contributed by atoms with Gasteiger partial charge in [0.05, 0.1) is 11.1 Å². The molecule has 0 spiro atoms. The molecule has 1 heterocycles. The lowest BCUT2D eigenvalue weighted by Crippen LogP contribution is -2.14. The van der Waals surface area contributed by atoms with Gasteiger partial charge in [-0.2, -0.15) is 26.3 Å². The Morgan fingerprint density at radius 1 is 1.08 bits per heavy atom. The van der Waals surface area contributed by atoms with E-state index in [9.17, 15) is 31.1 Å². The molecule has 0 atom stereocenters. The van der Waals surface area contributed by atoms with E-state index in [2.05, 4.69) is 4.98 Å². The van der Waals surface area contributed by atoms with Crippen LogP contribution in [0.1, 0.15) is 23.2 Å². The molecule has 9 heteroatoms. The number of nitrogens with zero attached hydrogens (tertiary/aromatic N) is 1. The molecule has 2 aromatic rings. The maximum Gasteiger partial charge on any atom is 0.433 e. The van der Waals surface area contributed by atoms with Crippen molar-refractivity contribution in [2.24, 2.45) is 0 Å². The molecule has 0 saturated heterocycles. The van der Waals surface area contributed by atoms with Crippen molar-refractivity contribution < 1.29 is 36.2 Å². The third-order valence-electron chi connectivity index (χ3n) is 3.30. The van der Waals surface area contributed by atoms with E-state index in [0.717, 1.165) is 6.07 Å². The first-order valence-electron chi connectivity index (χ1n) is 6.73. The second-order valence-corrected chi connectivity index (χ2v) is 5.05. The number of ketones is 1. The van der Waals surface area contributed by atoms with E-state index < -0.39 is 47.9 Å². The summed E-state index contributed by atoms with van der Waals surface area (Å²) in [7, 11) is 0. The molecular formula is C15H11F6NO2. The van der Waals surface area contributed by atoms with Crippen LogP contribution in [0.5, 0.6) is 0 Å². The van der Waals surface area contributed by atoms with Crippen molar-refractivity contribution in [2.45, 2.75) is 25.2 Å². The molecule has 0 amide bonds. The van der Waals surface area contributed by atoms with Gasteiger partial charge in [-0.3, -0.25) is 4.79 Å². The molecule has 24 heavy (non-hydrogen) atoms. The van der Waals surface area contributed by atoms with Gasteiger partial charge in [-0.25, -0.2) is 4.98 Å². The minimum Gasteiger partial charge on any atom is -0.396 e. The first kappa shape index (κ1) is 18.2. The van der Waals surface area contributed by atoms with Crippen LogP contribution in [-0.4, -0.2) is 22.5 Å². The van der Waals surface area contributed by atoms with Crippen molar-refractivity contribution in [3.63, 3.8) is 0 Å². The average molecular weight is 351 g/mol. The number of alkyl halides is 6. The van der Waals surface area contributed by atoms with Crippen LogP contribution in [0.25, 0.3) is 10.9 Å². The Morgan fingerprint density at radius 3 is 2.29 bits per heavy atom. The second-order valence-electron chi connectivity index (χ2n) is 5.05. The van der Waals surface area contributed by atoms with Crippen molar-refractivity contribution in [3.05, 3.63) is 41.1 Å². The molecule has 1 aromatic carbocycles. The Hall–Kier alpha value is -2.16. The SMILES string of the molecule is O=C(CCO)Cc1cc(C(F)(F)F)nc2c(C(F)(F)F)cccc12. The van der Waals surface area contributed by atoms with Crippen LogP contribution in [0.15, 0.2) is 24.3 Å². The summed E-state index contributed by atoms with van der Waals surface area (Å²) in [6, 6.07) is 3.42. The molecule has 2 rings (SSSR count). The number of halogens is 6. The van der Waals surface area contributed by atoms with Gasteiger partial charge in [0.1, 0.15) is 11.5 Å². The fraction of sp³-hybridized carbons (Fsp3) is 0.333. The van der Waals surface area contributed by atoms with Crippen molar-refractivity contribution in [2.75, 3.05) is 6.61 Å². The highest BCUT2D eigenvalue weighted by Gasteiger charge is 2.37. The molecular weight excluding hydrogens is 340 g/mol. The van der Waals surface area contributed by atoms with Gasteiger partial charge in [-0.15, -0.1) is 0 Å². The summed E-state index contributed by atoms with van der Waals surface area (Å²) in [6.45, 7) is -0.498. The summed E-state index contributed by atoms with van der Waals surface area (Å²) in [4.78, 5) is 14.7. The van der Waals surface area contributed by atoms with Gasteiger partial charge in [0.2, 0.25) is 0 Å². The molecule has 0 aliphatic rings. The van der Waals surface area contributed by atoms with Crippen LogP contribution >= 0.6 is 0 Å². The number of carbonyl (C=O) groups is 1. The zero-order chi connectivity index (χ0) is 18.1. The van der Waals surface area contributed by atoms with Gasteiger partial charge in [-0.1, -0.05) is 12.1 Å². The maximum atomic E-state index is 13.0. The molecule has 0 bridgehead atoms. The normalized spacial score (nSPS) is 12.6. The minimum atomic E-state index is -4.96. The topological polar surface area (TPSA) is 50.2 Å². The molecule has 1 aromatic heterocycles. The number of Topliss-reactive ketones (excluding diaryl/α,β-unsaturated/α-hetero) is 1. The predicted molar refractivity (Wildman–Crippen MR) is 72.2 cm³/mol. The van der Waals surface area contributed by atoms with Gasteiger partial charge in [0.25, 0.3) is 0 Å².